The Morgan fingerprint density at radius 2 is 1.94 bits per heavy atom. The lowest BCUT2D eigenvalue weighted by molar-refractivity contribution is -0.384. The molecule has 160 valence electrons. The number of fused-ring (bicyclic) bond motifs is 2. The first kappa shape index (κ1) is 19.5. The van der Waals surface area contributed by atoms with Crippen molar-refractivity contribution in [1.82, 2.24) is 30.4 Å². The normalized spacial score (nSPS) is 14.5. The molecule has 5 rings (SSSR count). The summed E-state index contributed by atoms with van der Waals surface area (Å²) in [6.45, 7) is 4.22. The van der Waals surface area contributed by atoms with Crippen LogP contribution < -0.4 is 10.9 Å². The molecule has 1 atom stereocenters. The van der Waals surface area contributed by atoms with Crippen LogP contribution in [-0.4, -0.2) is 35.3 Å². The van der Waals surface area contributed by atoms with Crippen LogP contribution in [0.25, 0.3) is 11.3 Å². The maximum atomic E-state index is 12.7. The zero-order chi connectivity index (χ0) is 22.4. The van der Waals surface area contributed by atoms with Gasteiger partial charge in [-0.1, -0.05) is 55.3 Å². The van der Waals surface area contributed by atoms with Crippen LogP contribution >= 0.6 is 0 Å². The van der Waals surface area contributed by atoms with Gasteiger partial charge in [0.2, 0.25) is 5.95 Å². The minimum Gasteiger partial charge on any atom is -0.318 e. The molecular formula is C21H18N8O3. The Morgan fingerprint density at radius 1 is 1.16 bits per heavy atom. The SMILES string of the molecule is CC(C)c1ccc([C@@H]2c3c(-c4cccc([N+](=O)[O-])c4)n[nH]c(=O)c3Nc3nnnn32)cc1. The van der Waals surface area contributed by atoms with Crippen LogP contribution in [0.1, 0.15) is 42.5 Å². The molecule has 3 heterocycles. The van der Waals surface area contributed by atoms with Gasteiger partial charge in [0, 0.05) is 23.3 Å². The number of anilines is 2. The quantitative estimate of drug-likeness (QED) is 0.327. The highest BCUT2D eigenvalue weighted by Gasteiger charge is 2.34. The van der Waals surface area contributed by atoms with Crippen LogP contribution in [0, 0.1) is 10.1 Å². The van der Waals surface area contributed by atoms with Crippen molar-refractivity contribution < 1.29 is 4.92 Å². The number of benzene rings is 2. The highest BCUT2D eigenvalue weighted by atomic mass is 16.6. The summed E-state index contributed by atoms with van der Waals surface area (Å²) in [5.41, 5.74) is 3.19. The van der Waals surface area contributed by atoms with E-state index in [1.807, 2.05) is 24.3 Å². The van der Waals surface area contributed by atoms with E-state index in [4.69, 9.17) is 0 Å². The number of nitrogens with one attached hydrogen (secondary N) is 2. The number of aromatic amines is 1. The number of aromatic nitrogens is 6. The third-order valence-corrected chi connectivity index (χ3v) is 5.52. The molecule has 0 amide bonds. The van der Waals surface area contributed by atoms with Crippen molar-refractivity contribution in [3.05, 3.63) is 85.7 Å². The summed E-state index contributed by atoms with van der Waals surface area (Å²) in [6.07, 6.45) is 0. The first-order valence-electron chi connectivity index (χ1n) is 9.96. The number of hydrogen-bond acceptors (Lipinski definition) is 8. The zero-order valence-corrected chi connectivity index (χ0v) is 17.2. The Hall–Kier alpha value is -4.41. The van der Waals surface area contributed by atoms with Crippen molar-refractivity contribution in [2.45, 2.75) is 25.8 Å². The minimum atomic E-state index is -0.554. The first-order chi connectivity index (χ1) is 15.4. The van der Waals surface area contributed by atoms with Crippen molar-refractivity contribution >= 4 is 17.3 Å². The average molecular weight is 430 g/mol. The van der Waals surface area contributed by atoms with Crippen molar-refractivity contribution in [2.75, 3.05) is 5.32 Å². The van der Waals surface area contributed by atoms with E-state index in [0.29, 0.717) is 28.7 Å². The van der Waals surface area contributed by atoms with Gasteiger partial charge < -0.3 is 5.32 Å². The minimum absolute atomic E-state index is 0.0750. The lowest BCUT2D eigenvalue weighted by Gasteiger charge is -2.28. The van der Waals surface area contributed by atoms with E-state index >= 15 is 0 Å². The fourth-order valence-electron chi connectivity index (χ4n) is 3.90. The third-order valence-electron chi connectivity index (χ3n) is 5.52. The van der Waals surface area contributed by atoms with Gasteiger partial charge in [0.15, 0.2) is 0 Å². The van der Waals surface area contributed by atoms with Crippen molar-refractivity contribution in [3.8, 4) is 11.3 Å². The Balaban J connectivity index is 1.76. The van der Waals surface area contributed by atoms with E-state index in [9.17, 15) is 14.9 Å². The summed E-state index contributed by atoms with van der Waals surface area (Å²) in [5.74, 6) is 0.676. The van der Waals surface area contributed by atoms with Gasteiger partial charge in [-0.3, -0.25) is 14.9 Å². The summed E-state index contributed by atoms with van der Waals surface area (Å²) >= 11 is 0. The molecule has 2 aromatic heterocycles. The van der Waals surface area contributed by atoms with E-state index in [1.165, 1.54) is 17.7 Å². The summed E-state index contributed by atoms with van der Waals surface area (Å²) < 4.78 is 1.58. The smallest absolute Gasteiger partial charge is 0.288 e. The molecule has 0 saturated heterocycles. The molecule has 0 unspecified atom stereocenters. The van der Waals surface area contributed by atoms with Gasteiger partial charge in [-0.05, 0) is 27.5 Å². The Labute approximate surface area is 181 Å². The molecule has 0 fully saturated rings. The molecule has 0 radical (unpaired) electrons. The largest absolute Gasteiger partial charge is 0.318 e. The van der Waals surface area contributed by atoms with Gasteiger partial charge in [0.1, 0.15) is 11.7 Å². The number of nitro benzene ring substituents is 1. The molecule has 0 spiro atoms. The Kier molecular flexibility index (Phi) is 4.51. The van der Waals surface area contributed by atoms with Gasteiger partial charge in [-0.2, -0.15) is 9.78 Å². The lowest BCUT2D eigenvalue weighted by atomic mass is 9.91. The molecule has 1 aliphatic heterocycles. The maximum Gasteiger partial charge on any atom is 0.288 e. The van der Waals surface area contributed by atoms with E-state index in [-0.39, 0.29) is 11.4 Å². The summed E-state index contributed by atoms with van der Waals surface area (Å²) in [6, 6.07) is 13.6. The molecule has 1 aliphatic rings. The van der Waals surface area contributed by atoms with Crippen molar-refractivity contribution in [3.63, 3.8) is 0 Å². The molecular weight excluding hydrogens is 412 g/mol. The fourth-order valence-corrected chi connectivity index (χ4v) is 3.90. The molecule has 4 aromatic rings. The van der Waals surface area contributed by atoms with Crippen LogP contribution in [0.4, 0.5) is 17.3 Å². The van der Waals surface area contributed by atoms with Crippen LogP contribution in [0.15, 0.2) is 53.3 Å². The molecule has 2 N–H and O–H groups in total. The monoisotopic (exact) mass is 430 g/mol. The van der Waals surface area contributed by atoms with Gasteiger partial charge in [-0.15, -0.1) is 0 Å². The highest BCUT2D eigenvalue weighted by molar-refractivity contribution is 5.76. The summed E-state index contributed by atoms with van der Waals surface area (Å²) in [7, 11) is 0. The van der Waals surface area contributed by atoms with Gasteiger partial charge in [-0.25, -0.2) is 5.10 Å². The number of nitrogens with zero attached hydrogens (tertiary/aromatic N) is 6. The summed E-state index contributed by atoms with van der Waals surface area (Å²) in [4.78, 5) is 23.6. The lowest BCUT2D eigenvalue weighted by Crippen LogP contribution is -2.29. The van der Waals surface area contributed by atoms with Gasteiger partial charge in [0.25, 0.3) is 11.2 Å². The number of hydrogen-bond donors (Lipinski definition) is 2. The predicted molar refractivity (Wildman–Crippen MR) is 116 cm³/mol. The Bertz CT molecular complexity index is 1390. The summed E-state index contributed by atoms with van der Waals surface area (Å²) in [5, 5.41) is 32.9. The highest BCUT2D eigenvalue weighted by Crippen LogP contribution is 2.41. The number of tetrazole rings is 1. The zero-order valence-electron chi connectivity index (χ0n) is 17.2. The molecule has 11 nitrogen and oxygen atoms in total. The second-order valence-electron chi connectivity index (χ2n) is 7.79. The van der Waals surface area contributed by atoms with E-state index in [0.717, 1.165) is 5.56 Å². The molecule has 0 bridgehead atoms. The number of nitro groups is 1. The maximum absolute atomic E-state index is 12.7. The predicted octanol–water partition coefficient (Wildman–Crippen LogP) is 3.15. The van der Waals surface area contributed by atoms with Crippen molar-refractivity contribution in [1.29, 1.82) is 0 Å². The topological polar surface area (TPSA) is 145 Å². The fraction of sp³-hybridized carbons (Fsp3) is 0.190. The molecule has 32 heavy (non-hydrogen) atoms. The van der Waals surface area contributed by atoms with Gasteiger partial charge >= 0.3 is 0 Å². The standard InChI is InChI=1S/C21H18N8O3/c1-11(2)12-6-8-13(9-7-12)19-16-17(14-4-3-5-15(10-14)29(31)32)23-24-20(30)18(16)22-21-25-26-27-28(19)21/h3-11,19H,1-2H3,(H,24,30)(H,22,25,27)/t19-/m1/s1. The second-order valence-corrected chi connectivity index (χ2v) is 7.79. The second kappa shape index (κ2) is 7.38. The first-order valence-corrected chi connectivity index (χ1v) is 9.96. The molecule has 0 saturated carbocycles. The van der Waals surface area contributed by atoms with E-state index < -0.39 is 16.5 Å². The Morgan fingerprint density at radius 3 is 2.66 bits per heavy atom. The average Bonchev–Trinajstić information content (AvgIpc) is 3.27. The van der Waals surface area contributed by atoms with Crippen LogP contribution in [0.5, 0.6) is 0 Å². The van der Waals surface area contributed by atoms with Gasteiger partial charge in [0.05, 0.1) is 10.6 Å². The molecule has 11 heteroatoms. The van der Waals surface area contributed by atoms with Crippen LogP contribution in [0.3, 0.4) is 0 Å². The molecule has 0 aliphatic carbocycles. The number of rotatable bonds is 4. The number of non-ortho nitro benzene ring substituents is 1. The van der Waals surface area contributed by atoms with Crippen LogP contribution in [0.2, 0.25) is 0 Å². The number of H-pyrrole nitrogens is 1. The third kappa shape index (κ3) is 3.11. The van der Waals surface area contributed by atoms with Crippen LogP contribution in [-0.2, 0) is 0 Å². The molecule has 2 aromatic carbocycles. The van der Waals surface area contributed by atoms with E-state index in [2.05, 4.69) is 44.9 Å². The van der Waals surface area contributed by atoms with E-state index in [1.54, 1.807) is 16.8 Å². The van der Waals surface area contributed by atoms with Crippen molar-refractivity contribution in [2.24, 2.45) is 0 Å².